The third kappa shape index (κ3) is 4.01. The molecule has 0 aromatic carbocycles. The molecule has 3 nitrogen and oxygen atoms in total. The van der Waals surface area contributed by atoms with Crippen LogP contribution in [0.15, 0.2) is 0 Å². The zero-order chi connectivity index (χ0) is 4.12. The van der Waals surface area contributed by atoms with Gasteiger partial charge >= 0.3 is 15.3 Å². The zero-order valence-electron chi connectivity index (χ0n) is 2.85. The summed E-state index contributed by atoms with van der Waals surface area (Å²) in [6, 6.07) is 0. The summed E-state index contributed by atoms with van der Waals surface area (Å²) in [6.07, 6.45) is 0. The van der Waals surface area contributed by atoms with Crippen LogP contribution >= 0.6 is 0 Å². The maximum atomic E-state index is 7.76. The van der Waals surface area contributed by atoms with Gasteiger partial charge in [0.05, 0.1) is 0 Å². The maximum Gasteiger partial charge on any atom is 0.420 e. The van der Waals surface area contributed by atoms with Gasteiger partial charge in [-0.05, 0) is 0 Å². The smallest absolute Gasteiger partial charge is 0.420 e. The lowest BCUT2D eigenvalue weighted by molar-refractivity contribution is 0.470. The standard InChI is InChI=1S/B2H5NO2/c3-1-5-2-4/h1-2,4H,3H2. The molecule has 0 amide bonds. The fourth-order valence-corrected chi connectivity index (χ4v) is 0.0527. The first-order chi connectivity index (χ1) is 2.41. The molecule has 0 heterocycles. The van der Waals surface area contributed by atoms with Crippen LogP contribution in [0.2, 0.25) is 0 Å². The average molecular weight is 72.7 g/mol. The summed E-state index contributed by atoms with van der Waals surface area (Å²) in [5.74, 6) is 0. The molecule has 0 saturated heterocycles. The van der Waals surface area contributed by atoms with Crippen LogP contribution in [-0.2, 0) is 4.57 Å². The molecule has 0 fully saturated rings. The van der Waals surface area contributed by atoms with Gasteiger partial charge in [-0.2, -0.15) is 0 Å². The molecule has 0 aliphatic carbocycles. The van der Waals surface area contributed by atoms with Gasteiger partial charge in [-0.15, -0.1) is 0 Å². The van der Waals surface area contributed by atoms with Crippen molar-refractivity contribution in [2.24, 2.45) is 5.64 Å². The summed E-state index contributed by atoms with van der Waals surface area (Å²) in [4.78, 5) is 0. The van der Waals surface area contributed by atoms with Gasteiger partial charge in [0.2, 0.25) is 0 Å². The minimum atomic E-state index is -0.281. The molecule has 0 spiro atoms. The Labute approximate surface area is 31.7 Å². The van der Waals surface area contributed by atoms with Crippen LogP contribution in [0.5, 0.6) is 0 Å². The molecule has 5 heavy (non-hydrogen) atoms. The second-order valence-corrected chi connectivity index (χ2v) is 0.500. The summed E-state index contributed by atoms with van der Waals surface area (Å²) < 4.78 is 4.17. The summed E-state index contributed by atoms with van der Waals surface area (Å²) in [7, 11) is -0.188. The van der Waals surface area contributed by atoms with E-state index in [1.54, 1.807) is 0 Å². The topological polar surface area (TPSA) is 55.5 Å². The van der Waals surface area contributed by atoms with E-state index < -0.39 is 0 Å². The first-order valence-corrected chi connectivity index (χ1v) is 1.30. The predicted molar refractivity (Wildman–Crippen MR) is 21.8 cm³/mol. The van der Waals surface area contributed by atoms with Gasteiger partial charge < -0.3 is 15.2 Å². The SMILES string of the molecule is NBOBO. The van der Waals surface area contributed by atoms with Crippen LogP contribution in [-0.4, -0.2) is 20.3 Å². The number of rotatable bonds is 2. The van der Waals surface area contributed by atoms with Gasteiger partial charge in [0.1, 0.15) is 0 Å². The number of hydrogen-bond acceptors (Lipinski definition) is 3. The maximum absolute atomic E-state index is 7.76. The molecule has 0 radical (unpaired) electrons. The minimum absolute atomic E-state index is 0.0938. The molecule has 0 bridgehead atoms. The van der Waals surface area contributed by atoms with Crippen LogP contribution in [0.3, 0.4) is 0 Å². The first kappa shape index (κ1) is 5.01. The van der Waals surface area contributed by atoms with Crippen LogP contribution in [0, 0.1) is 0 Å². The Hall–Kier alpha value is 0.00987. The van der Waals surface area contributed by atoms with Crippen LogP contribution in [0.1, 0.15) is 0 Å². The molecule has 0 aliphatic rings. The van der Waals surface area contributed by atoms with Crippen molar-refractivity contribution in [3.63, 3.8) is 0 Å². The minimum Gasteiger partial charge on any atom is -0.468 e. The van der Waals surface area contributed by atoms with E-state index in [-0.39, 0.29) is 15.3 Å². The number of nitrogens with two attached hydrogens (primary N) is 1. The Morgan fingerprint density at radius 2 is 2.40 bits per heavy atom. The largest absolute Gasteiger partial charge is 0.468 e. The van der Waals surface area contributed by atoms with Crippen LogP contribution in [0.25, 0.3) is 0 Å². The van der Waals surface area contributed by atoms with Crippen molar-refractivity contribution in [2.45, 2.75) is 0 Å². The van der Waals surface area contributed by atoms with Gasteiger partial charge in [0, 0.05) is 0 Å². The Kier molecular flexibility index (Phi) is 4.02. The van der Waals surface area contributed by atoms with Crippen molar-refractivity contribution in [3.05, 3.63) is 0 Å². The van der Waals surface area contributed by atoms with Crippen molar-refractivity contribution in [1.82, 2.24) is 0 Å². The van der Waals surface area contributed by atoms with Gasteiger partial charge in [-0.1, -0.05) is 0 Å². The summed E-state index contributed by atoms with van der Waals surface area (Å²) >= 11 is 0. The van der Waals surface area contributed by atoms with E-state index >= 15 is 0 Å². The van der Waals surface area contributed by atoms with E-state index in [1.165, 1.54) is 0 Å². The second-order valence-electron chi connectivity index (χ2n) is 0.500. The summed E-state index contributed by atoms with van der Waals surface area (Å²) in [5, 5.41) is 7.76. The van der Waals surface area contributed by atoms with Gasteiger partial charge in [-0.3, -0.25) is 0 Å². The third-order valence-corrected chi connectivity index (χ3v) is 0.209. The summed E-state index contributed by atoms with van der Waals surface area (Å²) in [5.41, 5.74) is 4.76. The lowest BCUT2D eigenvalue weighted by atomic mass is 10.2. The fraction of sp³-hybridized carbons (Fsp3) is 0. The number of hydrogen-bond donors (Lipinski definition) is 2. The molecule has 0 aliphatic heterocycles. The molecule has 0 aromatic rings. The van der Waals surface area contributed by atoms with Crippen molar-refractivity contribution in [3.8, 4) is 0 Å². The molecular weight excluding hydrogens is 67.6 g/mol. The van der Waals surface area contributed by atoms with Crippen molar-refractivity contribution in [2.75, 3.05) is 0 Å². The Morgan fingerprint density at radius 3 is 2.40 bits per heavy atom. The second kappa shape index (κ2) is 4.01. The Balaban J connectivity index is 2.19. The van der Waals surface area contributed by atoms with Crippen molar-refractivity contribution < 1.29 is 9.60 Å². The van der Waals surface area contributed by atoms with Crippen molar-refractivity contribution in [1.29, 1.82) is 0 Å². The normalized spacial score (nSPS) is 6.80. The van der Waals surface area contributed by atoms with Gasteiger partial charge in [-0.25, -0.2) is 0 Å². The monoisotopic (exact) mass is 73.1 g/mol. The lowest BCUT2D eigenvalue weighted by Gasteiger charge is -1.81. The van der Waals surface area contributed by atoms with E-state index in [2.05, 4.69) is 4.57 Å². The van der Waals surface area contributed by atoms with E-state index in [9.17, 15) is 0 Å². The van der Waals surface area contributed by atoms with E-state index in [0.717, 1.165) is 0 Å². The molecular formula is H5B2NO2. The molecule has 5 heteroatoms. The highest BCUT2D eigenvalue weighted by Crippen LogP contribution is 1.44. The average Bonchev–Trinajstić information content (AvgIpc) is 1.41. The first-order valence-electron chi connectivity index (χ1n) is 1.30. The molecule has 28 valence electrons. The van der Waals surface area contributed by atoms with Crippen LogP contribution in [0.4, 0.5) is 0 Å². The molecule has 0 aromatic heterocycles. The molecule has 0 rings (SSSR count). The van der Waals surface area contributed by atoms with E-state index in [1.807, 2.05) is 0 Å². The third-order valence-electron chi connectivity index (χ3n) is 0.209. The molecule has 0 saturated carbocycles. The fourth-order valence-electron chi connectivity index (χ4n) is 0.0527. The van der Waals surface area contributed by atoms with E-state index in [0.29, 0.717) is 0 Å². The predicted octanol–water partition coefficient (Wildman–Crippen LogP) is -2.51. The Morgan fingerprint density at radius 1 is 1.80 bits per heavy atom. The highest BCUT2D eigenvalue weighted by atomic mass is 16.5. The molecule has 3 N–H and O–H groups in total. The zero-order valence-corrected chi connectivity index (χ0v) is 2.85. The lowest BCUT2D eigenvalue weighted by Crippen LogP contribution is -2.12. The molecule has 0 atom stereocenters. The highest BCUT2D eigenvalue weighted by molar-refractivity contribution is 6.35. The quantitative estimate of drug-likeness (QED) is 0.355. The van der Waals surface area contributed by atoms with Crippen molar-refractivity contribution >= 4 is 15.3 Å². The van der Waals surface area contributed by atoms with Crippen LogP contribution < -0.4 is 5.64 Å². The van der Waals surface area contributed by atoms with E-state index in [4.69, 9.17) is 10.7 Å². The molecule has 0 unspecified atom stereocenters. The van der Waals surface area contributed by atoms with Gasteiger partial charge in [0.15, 0.2) is 0 Å². The highest BCUT2D eigenvalue weighted by Gasteiger charge is 1.75. The Bertz CT molecular complexity index is 15.1. The van der Waals surface area contributed by atoms with Gasteiger partial charge in [0.25, 0.3) is 0 Å². The summed E-state index contributed by atoms with van der Waals surface area (Å²) in [6.45, 7) is 0.